The lowest BCUT2D eigenvalue weighted by molar-refractivity contribution is -0.141. The smallest absolute Gasteiger partial charge is 0.343 e. The first-order chi connectivity index (χ1) is 13.0. The fourth-order valence-corrected chi connectivity index (χ4v) is 1.95. The lowest BCUT2D eigenvalue weighted by Crippen LogP contribution is -2.13. The van der Waals surface area contributed by atoms with Gasteiger partial charge in [-0.2, -0.15) is 0 Å². The molecule has 140 valence electrons. The van der Waals surface area contributed by atoms with Crippen LogP contribution >= 0.6 is 0 Å². The molecule has 0 fully saturated rings. The molecule has 0 unspecified atom stereocenters. The topological polar surface area (TPSA) is 88.1 Å². The summed E-state index contributed by atoms with van der Waals surface area (Å²) in [7, 11) is 1.54. The minimum absolute atomic E-state index is 0.0895. The standard InChI is InChI=1S/C20H18O7/c1-3-18(21)25-13-12-19(22)26-16-8-10-17(11-9-16)27-20(23)14-4-6-15(24-2)7-5-14/h3-11H,1,12-13H2,2H3. The Morgan fingerprint density at radius 2 is 1.44 bits per heavy atom. The summed E-state index contributed by atoms with van der Waals surface area (Å²) in [4.78, 5) is 34.6. The number of hydrogen-bond donors (Lipinski definition) is 0. The van der Waals surface area contributed by atoms with E-state index in [1.165, 1.54) is 31.4 Å². The van der Waals surface area contributed by atoms with Crippen molar-refractivity contribution in [2.45, 2.75) is 6.42 Å². The lowest BCUT2D eigenvalue weighted by Gasteiger charge is -2.07. The Bertz CT molecular complexity index is 807. The van der Waals surface area contributed by atoms with Crippen molar-refractivity contribution >= 4 is 17.9 Å². The zero-order valence-corrected chi connectivity index (χ0v) is 14.7. The van der Waals surface area contributed by atoms with Crippen LogP contribution in [-0.4, -0.2) is 31.6 Å². The molecule has 0 amide bonds. The molecule has 7 heteroatoms. The Morgan fingerprint density at radius 1 is 0.889 bits per heavy atom. The molecule has 2 aromatic rings. The first-order valence-corrected chi connectivity index (χ1v) is 7.98. The van der Waals surface area contributed by atoms with Gasteiger partial charge >= 0.3 is 17.9 Å². The van der Waals surface area contributed by atoms with Gasteiger partial charge in [0, 0.05) is 6.08 Å². The molecular formula is C20H18O7. The molecule has 0 radical (unpaired) electrons. The van der Waals surface area contributed by atoms with E-state index in [-0.39, 0.29) is 18.8 Å². The van der Waals surface area contributed by atoms with E-state index in [1.54, 1.807) is 24.3 Å². The third-order valence-electron chi connectivity index (χ3n) is 3.31. The largest absolute Gasteiger partial charge is 0.497 e. The zero-order chi connectivity index (χ0) is 19.6. The minimum Gasteiger partial charge on any atom is -0.497 e. The van der Waals surface area contributed by atoms with E-state index in [1.807, 2.05) is 0 Å². The van der Waals surface area contributed by atoms with Crippen LogP contribution in [0.3, 0.4) is 0 Å². The van der Waals surface area contributed by atoms with Gasteiger partial charge in [-0.15, -0.1) is 0 Å². The van der Waals surface area contributed by atoms with E-state index in [9.17, 15) is 14.4 Å². The number of carbonyl (C=O) groups excluding carboxylic acids is 3. The number of rotatable bonds is 8. The van der Waals surface area contributed by atoms with E-state index in [4.69, 9.17) is 18.9 Å². The Hall–Kier alpha value is -3.61. The molecule has 0 aliphatic rings. The summed E-state index contributed by atoms with van der Waals surface area (Å²) in [6, 6.07) is 12.5. The molecule has 0 aromatic heterocycles. The summed E-state index contributed by atoms with van der Waals surface area (Å²) in [6.45, 7) is 3.15. The van der Waals surface area contributed by atoms with Gasteiger partial charge in [0.05, 0.1) is 19.1 Å². The third-order valence-corrected chi connectivity index (χ3v) is 3.31. The third kappa shape index (κ3) is 6.32. The van der Waals surface area contributed by atoms with Crippen LogP contribution in [0.4, 0.5) is 0 Å². The summed E-state index contributed by atoms with van der Waals surface area (Å²) in [5, 5.41) is 0. The molecule has 27 heavy (non-hydrogen) atoms. The summed E-state index contributed by atoms with van der Waals surface area (Å²) in [5.41, 5.74) is 0.375. The van der Waals surface area contributed by atoms with E-state index >= 15 is 0 Å². The Kier molecular flexibility index (Phi) is 7.13. The second-order valence-electron chi connectivity index (χ2n) is 5.19. The lowest BCUT2D eigenvalue weighted by atomic mass is 10.2. The summed E-state index contributed by atoms with van der Waals surface area (Å²) < 4.78 is 20.1. The SMILES string of the molecule is C=CC(=O)OCCC(=O)Oc1ccc(OC(=O)c2ccc(OC)cc2)cc1. The molecule has 0 bridgehead atoms. The molecule has 0 saturated heterocycles. The number of esters is 3. The van der Waals surface area contributed by atoms with Crippen LogP contribution in [0.25, 0.3) is 0 Å². The molecule has 7 nitrogen and oxygen atoms in total. The highest BCUT2D eigenvalue weighted by Gasteiger charge is 2.10. The first kappa shape index (κ1) is 19.7. The van der Waals surface area contributed by atoms with Crippen LogP contribution in [0.15, 0.2) is 61.2 Å². The molecule has 0 N–H and O–H groups in total. The fraction of sp³-hybridized carbons (Fsp3) is 0.150. The molecule has 2 rings (SSSR count). The first-order valence-electron chi connectivity index (χ1n) is 7.98. The van der Waals surface area contributed by atoms with Crippen molar-refractivity contribution in [3.05, 3.63) is 66.7 Å². The van der Waals surface area contributed by atoms with Crippen LogP contribution < -0.4 is 14.2 Å². The average Bonchev–Trinajstić information content (AvgIpc) is 2.69. The number of methoxy groups -OCH3 is 1. The Labute approximate surface area is 156 Å². The van der Waals surface area contributed by atoms with Crippen molar-refractivity contribution in [1.82, 2.24) is 0 Å². The second kappa shape index (κ2) is 9.76. The van der Waals surface area contributed by atoms with Gasteiger partial charge in [0.2, 0.25) is 0 Å². The molecule has 0 heterocycles. The van der Waals surface area contributed by atoms with Crippen molar-refractivity contribution in [2.24, 2.45) is 0 Å². The molecule has 0 saturated carbocycles. The monoisotopic (exact) mass is 370 g/mol. The number of benzene rings is 2. The Balaban J connectivity index is 1.85. The van der Waals surface area contributed by atoms with Crippen molar-refractivity contribution < 1.29 is 33.3 Å². The summed E-state index contributed by atoms with van der Waals surface area (Å²) >= 11 is 0. The quantitative estimate of drug-likeness (QED) is 0.401. The number of ether oxygens (including phenoxy) is 4. The van der Waals surface area contributed by atoms with Gasteiger partial charge < -0.3 is 18.9 Å². The van der Waals surface area contributed by atoms with Crippen LogP contribution in [0.1, 0.15) is 16.8 Å². The van der Waals surface area contributed by atoms with E-state index < -0.39 is 17.9 Å². The van der Waals surface area contributed by atoms with Crippen molar-refractivity contribution in [3.63, 3.8) is 0 Å². The maximum atomic E-state index is 12.1. The predicted octanol–water partition coefficient (Wildman–Crippen LogP) is 2.94. The van der Waals surface area contributed by atoms with Gasteiger partial charge in [-0.25, -0.2) is 9.59 Å². The second-order valence-corrected chi connectivity index (χ2v) is 5.19. The van der Waals surface area contributed by atoms with Gasteiger partial charge in [-0.3, -0.25) is 4.79 Å². The molecule has 0 aliphatic heterocycles. The van der Waals surface area contributed by atoms with E-state index in [2.05, 4.69) is 6.58 Å². The van der Waals surface area contributed by atoms with Crippen LogP contribution in [-0.2, 0) is 14.3 Å². The van der Waals surface area contributed by atoms with Crippen molar-refractivity contribution in [2.75, 3.05) is 13.7 Å². The predicted molar refractivity (Wildman–Crippen MR) is 95.8 cm³/mol. The van der Waals surface area contributed by atoms with Gasteiger partial charge in [0.25, 0.3) is 0 Å². The highest BCUT2D eigenvalue weighted by Crippen LogP contribution is 2.20. The maximum Gasteiger partial charge on any atom is 0.343 e. The minimum atomic E-state index is -0.606. The normalized spacial score (nSPS) is 9.81. The van der Waals surface area contributed by atoms with Crippen molar-refractivity contribution in [3.8, 4) is 17.2 Å². The molecule has 0 spiro atoms. The Morgan fingerprint density at radius 3 is 2.00 bits per heavy atom. The van der Waals surface area contributed by atoms with E-state index in [0.29, 0.717) is 17.1 Å². The van der Waals surface area contributed by atoms with Crippen LogP contribution in [0, 0.1) is 0 Å². The average molecular weight is 370 g/mol. The van der Waals surface area contributed by atoms with Crippen molar-refractivity contribution in [1.29, 1.82) is 0 Å². The maximum absolute atomic E-state index is 12.1. The number of carbonyl (C=O) groups is 3. The number of hydrogen-bond acceptors (Lipinski definition) is 7. The van der Waals surface area contributed by atoms with Crippen LogP contribution in [0.5, 0.6) is 17.2 Å². The highest BCUT2D eigenvalue weighted by molar-refractivity contribution is 5.91. The van der Waals surface area contributed by atoms with Gasteiger partial charge in [-0.05, 0) is 48.5 Å². The molecule has 0 atom stereocenters. The summed E-state index contributed by atoms with van der Waals surface area (Å²) in [6.07, 6.45) is 0.922. The molecular weight excluding hydrogens is 352 g/mol. The molecule has 2 aromatic carbocycles. The van der Waals surface area contributed by atoms with Gasteiger partial charge in [0.1, 0.15) is 23.9 Å². The molecule has 0 aliphatic carbocycles. The highest BCUT2D eigenvalue weighted by atomic mass is 16.6. The fourth-order valence-electron chi connectivity index (χ4n) is 1.95. The van der Waals surface area contributed by atoms with Gasteiger partial charge in [0.15, 0.2) is 0 Å². The summed E-state index contributed by atoms with van der Waals surface area (Å²) in [5.74, 6) is -0.473. The van der Waals surface area contributed by atoms with Crippen LogP contribution in [0.2, 0.25) is 0 Å². The van der Waals surface area contributed by atoms with E-state index in [0.717, 1.165) is 6.08 Å². The zero-order valence-electron chi connectivity index (χ0n) is 14.7. The van der Waals surface area contributed by atoms with Gasteiger partial charge in [-0.1, -0.05) is 6.58 Å².